The summed E-state index contributed by atoms with van der Waals surface area (Å²) < 4.78 is 29.8. The number of alkyl halides is 2. The number of nitrogens with one attached hydrogen (secondary N) is 2. The van der Waals surface area contributed by atoms with E-state index in [1.54, 1.807) is 16.5 Å². The van der Waals surface area contributed by atoms with Crippen molar-refractivity contribution in [2.24, 2.45) is 5.92 Å². The van der Waals surface area contributed by atoms with Crippen molar-refractivity contribution < 1.29 is 18.4 Å². The number of amides is 2. The molecule has 0 unspecified atom stereocenters. The molecule has 2 aromatic rings. The third-order valence-corrected chi connectivity index (χ3v) is 8.02. The minimum Gasteiger partial charge on any atom is -0.359 e. The molecule has 2 N–H and O–H groups in total. The van der Waals surface area contributed by atoms with Gasteiger partial charge in [-0.1, -0.05) is 11.6 Å². The first kappa shape index (κ1) is 29.0. The number of aromatic nitrogens is 2. The van der Waals surface area contributed by atoms with Crippen LogP contribution in [0.1, 0.15) is 86.6 Å². The van der Waals surface area contributed by atoms with Crippen molar-refractivity contribution in [1.29, 1.82) is 0 Å². The van der Waals surface area contributed by atoms with E-state index in [1.165, 1.54) is 12.1 Å². The number of nitrogens with zero attached hydrogens (tertiary/aromatic N) is 3. The summed E-state index contributed by atoms with van der Waals surface area (Å²) in [5.41, 5.74) is 0.625. The lowest BCUT2D eigenvalue weighted by molar-refractivity contribution is -0.125. The molecule has 1 aromatic heterocycles. The highest BCUT2D eigenvalue weighted by Gasteiger charge is 2.35. The lowest BCUT2D eigenvalue weighted by Gasteiger charge is -2.36. The van der Waals surface area contributed by atoms with Gasteiger partial charge in [-0.05, 0) is 71.1 Å². The minimum atomic E-state index is -3.20. The van der Waals surface area contributed by atoms with Crippen molar-refractivity contribution in [2.75, 3.05) is 12.4 Å². The van der Waals surface area contributed by atoms with E-state index in [9.17, 15) is 23.2 Å². The van der Waals surface area contributed by atoms with Crippen molar-refractivity contribution >= 4 is 29.4 Å². The first-order valence-electron chi connectivity index (χ1n) is 13.4. The van der Waals surface area contributed by atoms with Crippen molar-refractivity contribution in [3.63, 3.8) is 0 Å². The quantitative estimate of drug-likeness (QED) is 0.521. The van der Waals surface area contributed by atoms with E-state index < -0.39 is 17.4 Å². The Balaban J connectivity index is 1.67. The Morgan fingerprint density at radius 3 is 2.44 bits per heavy atom. The molecule has 1 atom stereocenters. The maximum Gasteiger partial charge on any atom is 0.271 e. The second kappa shape index (κ2) is 11.2. The lowest BCUT2D eigenvalue weighted by atomic mass is 9.85. The van der Waals surface area contributed by atoms with E-state index in [0.29, 0.717) is 49.3 Å². The summed E-state index contributed by atoms with van der Waals surface area (Å²) in [4.78, 5) is 45.8. The molecule has 0 radical (unpaired) electrons. The van der Waals surface area contributed by atoms with Crippen LogP contribution < -0.4 is 16.2 Å². The summed E-state index contributed by atoms with van der Waals surface area (Å²) in [7, 11) is 1.64. The van der Waals surface area contributed by atoms with E-state index in [1.807, 2.05) is 20.8 Å². The Morgan fingerprint density at radius 1 is 1.18 bits per heavy atom. The number of fused-ring (bicyclic) bond motifs is 1. The fourth-order valence-corrected chi connectivity index (χ4v) is 5.89. The Kier molecular flexibility index (Phi) is 8.35. The Labute approximate surface area is 232 Å². The summed E-state index contributed by atoms with van der Waals surface area (Å²) in [6.45, 7) is 6.58. The molecular weight excluding hydrogens is 528 g/mol. The average molecular weight is 564 g/mol. The zero-order valence-electron chi connectivity index (χ0n) is 23.0. The first-order valence-corrected chi connectivity index (χ1v) is 13.8. The lowest BCUT2D eigenvalue weighted by Crippen LogP contribution is -2.47. The molecule has 2 heterocycles. The molecule has 1 fully saturated rings. The number of carbonyl (C=O) groups is 2. The molecule has 0 bridgehead atoms. The van der Waals surface area contributed by atoms with Crippen LogP contribution in [0.3, 0.4) is 0 Å². The second-order valence-electron chi connectivity index (χ2n) is 11.0. The maximum atomic E-state index is 14.1. The second-order valence-corrected chi connectivity index (χ2v) is 11.4. The number of anilines is 1. The van der Waals surface area contributed by atoms with Crippen LogP contribution in [0.4, 0.5) is 14.7 Å². The summed E-state index contributed by atoms with van der Waals surface area (Å²) in [5, 5.41) is 5.90. The van der Waals surface area contributed by atoms with Crippen LogP contribution in [0, 0.1) is 5.92 Å². The number of rotatable bonds is 6. The fourth-order valence-electron chi connectivity index (χ4n) is 5.60. The minimum absolute atomic E-state index is 0.00635. The molecule has 2 amide bonds. The predicted molar refractivity (Wildman–Crippen MR) is 146 cm³/mol. The molecule has 1 aliphatic heterocycles. The van der Waals surface area contributed by atoms with Crippen molar-refractivity contribution in [1.82, 2.24) is 19.8 Å². The summed E-state index contributed by atoms with van der Waals surface area (Å²) in [6.07, 6.45) is 3.05. The molecular formula is C28H36ClF2N5O3. The van der Waals surface area contributed by atoms with Gasteiger partial charge < -0.3 is 15.5 Å². The number of benzene rings is 1. The SMILES string of the molecule is CNC(=O)C1CCC(n2c(NC(C)C)nc3c(c2=O)C[C@@H](C)N(C(=O)c2ccc(Cl)c(C(C)(F)F)c2)C3)CC1. The van der Waals surface area contributed by atoms with Crippen molar-refractivity contribution in [3.05, 3.63) is 56.0 Å². The highest BCUT2D eigenvalue weighted by Crippen LogP contribution is 2.36. The van der Waals surface area contributed by atoms with Gasteiger partial charge in [-0.25, -0.2) is 13.8 Å². The van der Waals surface area contributed by atoms with Crippen LogP contribution >= 0.6 is 11.6 Å². The largest absolute Gasteiger partial charge is 0.359 e. The summed E-state index contributed by atoms with van der Waals surface area (Å²) in [6, 6.07) is 3.46. The molecule has 0 spiro atoms. The van der Waals surface area contributed by atoms with E-state index >= 15 is 0 Å². The van der Waals surface area contributed by atoms with Crippen LogP contribution in [0.25, 0.3) is 0 Å². The monoisotopic (exact) mass is 563 g/mol. The Bertz CT molecular complexity index is 1320. The van der Waals surface area contributed by atoms with Gasteiger partial charge in [0.15, 0.2) is 0 Å². The van der Waals surface area contributed by atoms with E-state index in [0.717, 1.165) is 13.0 Å². The molecule has 39 heavy (non-hydrogen) atoms. The standard InChI is InChI=1S/C28H36ClF2N5O3/c1-15(2)33-27-34-23-14-35(25(38)18-8-11-22(29)21(13-18)28(4,30)31)16(3)12-20(23)26(39)36(27)19-9-6-17(7-10-19)24(37)32-5/h8,11,13,15-17,19H,6-7,9-10,12,14H2,1-5H3,(H,32,37)(H,33,34)/t16-,17?,19?/m1/s1. The Hall–Kier alpha value is -3.01. The maximum absolute atomic E-state index is 14.1. The molecule has 8 nitrogen and oxygen atoms in total. The van der Waals surface area contributed by atoms with Gasteiger partial charge in [0.25, 0.3) is 17.4 Å². The normalized spacial score (nSPS) is 21.5. The fraction of sp³-hybridized carbons (Fsp3) is 0.571. The van der Waals surface area contributed by atoms with E-state index in [-0.39, 0.29) is 52.6 Å². The molecule has 4 rings (SSSR count). The van der Waals surface area contributed by atoms with Gasteiger partial charge in [-0.3, -0.25) is 19.0 Å². The molecule has 1 saturated carbocycles. The third kappa shape index (κ3) is 5.95. The smallest absolute Gasteiger partial charge is 0.271 e. The van der Waals surface area contributed by atoms with Gasteiger partial charge in [0, 0.05) is 59.7 Å². The highest BCUT2D eigenvalue weighted by atomic mass is 35.5. The first-order chi connectivity index (χ1) is 18.3. The molecule has 212 valence electrons. The van der Waals surface area contributed by atoms with Crippen molar-refractivity contribution in [3.8, 4) is 0 Å². The molecule has 1 aromatic carbocycles. The van der Waals surface area contributed by atoms with Gasteiger partial charge in [0.05, 0.1) is 12.2 Å². The third-order valence-electron chi connectivity index (χ3n) is 7.69. The molecule has 1 aliphatic carbocycles. The predicted octanol–water partition coefficient (Wildman–Crippen LogP) is 4.89. The number of halogens is 3. The topological polar surface area (TPSA) is 96.3 Å². The van der Waals surface area contributed by atoms with Gasteiger partial charge in [0.1, 0.15) is 0 Å². The van der Waals surface area contributed by atoms with Crippen LogP contribution in [0.5, 0.6) is 0 Å². The summed E-state index contributed by atoms with van der Waals surface area (Å²) in [5.74, 6) is -3.21. The van der Waals surface area contributed by atoms with Crippen LogP contribution in [0.2, 0.25) is 5.02 Å². The van der Waals surface area contributed by atoms with Gasteiger partial charge in [0.2, 0.25) is 11.9 Å². The molecule has 0 saturated heterocycles. The van der Waals surface area contributed by atoms with Crippen LogP contribution in [-0.4, -0.2) is 45.4 Å². The summed E-state index contributed by atoms with van der Waals surface area (Å²) >= 11 is 5.97. The van der Waals surface area contributed by atoms with Crippen LogP contribution in [0.15, 0.2) is 23.0 Å². The van der Waals surface area contributed by atoms with Gasteiger partial charge >= 0.3 is 0 Å². The number of carbonyl (C=O) groups excluding carboxylic acids is 2. The van der Waals surface area contributed by atoms with Crippen molar-refractivity contribution in [2.45, 2.75) is 90.4 Å². The number of hydrogen-bond acceptors (Lipinski definition) is 5. The molecule has 11 heteroatoms. The highest BCUT2D eigenvalue weighted by molar-refractivity contribution is 6.31. The van der Waals surface area contributed by atoms with Gasteiger partial charge in [-0.15, -0.1) is 0 Å². The zero-order chi connectivity index (χ0) is 28.6. The van der Waals surface area contributed by atoms with Gasteiger partial charge in [-0.2, -0.15) is 0 Å². The average Bonchev–Trinajstić information content (AvgIpc) is 2.87. The zero-order valence-corrected chi connectivity index (χ0v) is 23.7. The van der Waals surface area contributed by atoms with Crippen LogP contribution in [-0.2, 0) is 23.7 Å². The molecule has 2 aliphatic rings. The van der Waals surface area contributed by atoms with E-state index in [2.05, 4.69) is 10.6 Å². The van der Waals surface area contributed by atoms with E-state index in [4.69, 9.17) is 16.6 Å². The Morgan fingerprint density at radius 2 is 1.85 bits per heavy atom. The number of hydrogen-bond donors (Lipinski definition) is 2.